The first-order chi connectivity index (χ1) is 17.6. The van der Waals surface area contributed by atoms with Crippen LogP contribution < -0.4 is 15.6 Å². The Balaban J connectivity index is 2.58. The van der Waals surface area contributed by atoms with Crippen molar-refractivity contribution in [2.24, 2.45) is 0 Å². The van der Waals surface area contributed by atoms with E-state index in [1.807, 2.05) is 0 Å². The van der Waals surface area contributed by atoms with Gasteiger partial charge in [0.05, 0.1) is 47.7 Å². The molecule has 3 aromatic rings. The highest BCUT2D eigenvalue weighted by Gasteiger charge is 2.44. The van der Waals surface area contributed by atoms with Gasteiger partial charge >= 0.3 is 0 Å². The molecule has 0 fully saturated rings. The molecule has 0 spiro atoms. The van der Waals surface area contributed by atoms with Crippen molar-refractivity contribution in [3.05, 3.63) is 115 Å². The second-order valence-corrected chi connectivity index (χ2v) is 10.6. The lowest BCUT2D eigenvalue weighted by atomic mass is 10.2. The second kappa shape index (κ2) is 9.71. The summed E-state index contributed by atoms with van der Waals surface area (Å²) in [4.78, 5) is 74.4. The summed E-state index contributed by atoms with van der Waals surface area (Å²) >= 11 is 0. The van der Waals surface area contributed by atoms with Crippen molar-refractivity contribution in [1.82, 2.24) is 0 Å². The maximum absolute atomic E-state index is 12.1. The minimum absolute atomic E-state index is 0.518. The predicted octanol–water partition coefficient (Wildman–Crippen LogP) is 1.09. The Kier molecular flexibility index (Phi) is 6.86. The summed E-state index contributed by atoms with van der Waals surface area (Å²) in [6.07, 6.45) is 0. The lowest BCUT2D eigenvalue weighted by Crippen LogP contribution is -2.67. The Morgan fingerprint density at radius 2 is 0.553 bits per heavy atom. The largest absolute Gasteiger partial charge is 0.421 e. The molecule has 0 saturated carbocycles. The molecule has 0 radical (unpaired) electrons. The van der Waals surface area contributed by atoms with Gasteiger partial charge in [0.15, 0.2) is 0 Å². The zero-order chi connectivity index (χ0) is 28.5. The highest BCUT2D eigenvalue weighted by molar-refractivity contribution is 7.06. The lowest BCUT2D eigenvalue weighted by molar-refractivity contribution is -0.394. The summed E-state index contributed by atoms with van der Waals surface area (Å²) in [5.74, 6) is 0. The summed E-state index contributed by atoms with van der Waals surface area (Å²) in [6, 6.07) is 5.35. The van der Waals surface area contributed by atoms with Crippen LogP contribution in [0.5, 0.6) is 0 Å². The molecule has 194 valence electrons. The third-order valence-corrected chi connectivity index (χ3v) is 8.60. The van der Waals surface area contributed by atoms with Crippen molar-refractivity contribution in [3.8, 4) is 0 Å². The molecule has 0 aliphatic rings. The molecule has 3 aromatic carbocycles. The number of benzene rings is 3. The number of rotatable bonds is 9. The molecule has 0 bridgehead atoms. The van der Waals surface area contributed by atoms with Crippen LogP contribution in [0, 0.1) is 60.7 Å². The van der Waals surface area contributed by atoms with E-state index < -0.39 is 87.5 Å². The number of nitro benzene ring substituents is 6. The van der Waals surface area contributed by atoms with Crippen LogP contribution in [0.3, 0.4) is 0 Å². The van der Waals surface area contributed by atoms with Crippen LogP contribution in [0.2, 0.25) is 0 Å². The summed E-state index contributed by atoms with van der Waals surface area (Å²) in [5.41, 5.74) is -5.67. The van der Waals surface area contributed by atoms with E-state index in [1.54, 1.807) is 0 Å². The molecule has 0 aromatic heterocycles. The molecule has 38 heavy (non-hydrogen) atoms. The maximum Gasteiger partial charge on any atom is 0.287 e. The topological polar surface area (TPSA) is 279 Å². The van der Waals surface area contributed by atoms with Crippen LogP contribution in [-0.2, 0) is 0 Å². The predicted molar refractivity (Wildman–Crippen MR) is 126 cm³/mol. The molecule has 0 heterocycles. The van der Waals surface area contributed by atoms with Crippen LogP contribution in [0.1, 0.15) is 0 Å². The summed E-state index contributed by atoms with van der Waals surface area (Å²) in [6.45, 7) is 0. The van der Waals surface area contributed by atoms with Gasteiger partial charge in [-0.05, 0) is 15.6 Å². The zero-order valence-electron chi connectivity index (χ0n) is 18.2. The van der Waals surface area contributed by atoms with E-state index >= 15 is 0 Å². The number of non-ortho nitro benzene ring substituents is 6. The first-order valence-corrected chi connectivity index (χ1v) is 11.6. The first kappa shape index (κ1) is 26.8. The zero-order valence-corrected chi connectivity index (χ0v) is 19.2. The van der Waals surface area contributed by atoms with Gasteiger partial charge < -0.3 is 4.80 Å². The first-order valence-electron chi connectivity index (χ1n) is 9.70. The van der Waals surface area contributed by atoms with Gasteiger partial charge in [0, 0.05) is 36.4 Å². The molecule has 1 N–H and O–H groups in total. The van der Waals surface area contributed by atoms with Gasteiger partial charge in [-0.1, -0.05) is 0 Å². The smallest absolute Gasteiger partial charge is 0.287 e. The van der Waals surface area contributed by atoms with Gasteiger partial charge in [-0.3, -0.25) is 60.7 Å². The SMILES string of the molecule is O=[N+]([O-])c1cc([N+](=O)[O-])cc([Si](O)(c2cc([N+](=O)[O-])cc([N+](=O)[O-])c2)c2cc([N+](=O)[O-])cc([N+](=O)[O-])c2)c1. The quantitative estimate of drug-likeness (QED) is 0.170. The van der Waals surface area contributed by atoms with E-state index in [1.165, 1.54) is 0 Å². The average Bonchev–Trinajstić information content (AvgIpc) is 2.86. The maximum atomic E-state index is 12.1. The van der Waals surface area contributed by atoms with Crippen molar-refractivity contribution in [2.45, 2.75) is 0 Å². The number of nitrogens with zero attached hydrogens (tertiary/aromatic N) is 6. The molecule has 0 saturated heterocycles. The Morgan fingerprint density at radius 1 is 0.395 bits per heavy atom. The molecule has 19 nitrogen and oxygen atoms in total. The molecule has 0 atom stereocenters. The highest BCUT2D eigenvalue weighted by atomic mass is 28.4. The fourth-order valence-corrected chi connectivity index (χ4v) is 6.69. The molecule has 3 rings (SSSR count). The third kappa shape index (κ3) is 4.95. The molecule has 0 aliphatic heterocycles. The molecular weight excluding hydrogens is 536 g/mol. The van der Waals surface area contributed by atoms with E-state index in [0.717, 1.165) is 0 Å². The lowest BCUT2D eigenvalue weighted by Gasteiger charge is -2.26. The second-order valence-electron chi connectivity index (χ2n) is 7.47. The van der Waals surface area contributed by atoms with E-state index in [2.05, 4.69) is 0 Å². The van der Waals surface area contributed by atoms with Crippen LogP contribution in [0.15, 0.2) is 54.6 Å². The van der Waals surface area contributed by atoms with Gasteiger partial charge in [-0.2, -0.15) is 0 Å². The Labute approximate surface area is 208 Å². The highest BCUT2D eigenvalue weighted by Crippen LogP contribution is 2.25. The van der Waals surface area contributed by atoms with Crippen molar-refractivity contribution >= 4 is 58.0 Å². The number of hydrogen-bond acceptors (Lipinski definition) is 13. The normalized spacial score (nSPS) is 11.0. The number of hydrogen-bond donors (Lipinski definition) is 1. The van der Waals surface area contributed by atoms with Crippen LogP contribution >= 0.6 is 0 Å². The van der Waals surface area contributed by atoms with E-state index in [0.29, 0.717) is 54.6 Å². The van der Waals surface area contributed by atoms with Crippen LogP contribution in [0.25, 0.3) is 0 Å². The summed E-state index contributed by atoms with van der Waals surface area (Å²) in [7, 11) is -5.17. The third-order valence-electron chi connectivity index (χ3n) is 5.23. The van der Waals surface area contributed by atoms with Crippen molar-refractivity contribution in [3.63, 3.8) is 0 Å². The van der Waals surface area contributed by atoms with E-state index in [4.69, 9.17) is 0 Å². The average molecular weight is 546 g/mol. The van der Waals surface area contributed by atoms with Gasteiger partial charge in [-0.25, -0.2) is 0 Å². The standard InChI is InChI=1S/C18H10N6O13Si/c25-19(26)10-1-11(20(27)28)5-16(4-10)38(37,17-6-12(21(29)30)2-13(7-17)22(31)32)18-8-14(23(33)34)3-15(9-18)24(35)36/h1-9,37H. The van der Waals surface area contributed by atoms with Crippen LogP contribution in [0.4, 0.5) is 34.1 Å². The molecule has 0 amide bonds. The minimum atomic E-state index is -5.17. The molecule has 0 aliphatic carbocycles. The monoisotopic (exact) mass is 546 g/mol. The summed E-state index contributed by atoms with van der Waals surface area (Å²) < 4.78 is 0. The van der Waals surface area contributed by atoms with Crippen LogP contribution in [-0.4, -0.2) is 42.7 Å². The van der Waals surface area contributed by atoms with E-state index in [-0.39, 0.29) is 0 Å². The Morgan fingerprint density at radius 3 is 0.684 bits per heavy atom. The summed E-state index contributed by atoms with van der Waals surface area (Å²) in [5, 5.41) is 66.8. The van der Waals surface area contributed by atoms with Gasteiger partial charge in [-0.15, -0.1) is 0 Å². The Bertz CT molecular complexity index is 1300. The van der Waals surface area contributed by atoms with Crippen molar-refractivity contribution in [2.75, 3.05) is 0 Å². The van der Waals surface area contributed by atoms with Gasteiger partial charge in [0.2, 0.25) is 0 Å². The number of nitro groups is 6. The molecular formula is C18H10N6O13Si. The van der Waals surface area contributed by atoms with Gasteiger partial charge in [0.1, 0.15) is 0 Å². The molecule has 0 unspecified atom stereocenters. The minimum Gasteiger partial charge on any atom is -0.421 e. The fraction of sp³-hybridized carbons (Fsp3) is 0. The molecule has 20 heteroatoms. The fourth-order valence-electron chi connectivity index (χ4n) is 3.54. The van der Waals surface area contributed by atoms with Crippen molar-refractivity contribution in [1.29, 1.82) is 0 Å². The van der Waals surface area contributed by atoms with Gasteiger partial charge in [0.25, 0.3) is 42.4 Å². The van der Waals surface area contributed by atoms with Crippen molar-refractivity contribution < 1.29 is 34.3 Å². The Hall–Kier alpha value is -5.76. The van der Waals surface area contributed by atoms with E-state index in [9.17, 15) is 65.5 Å².